The van der Waals surface area contributed by atoms with Crippen molar-refractivity contribution in [3.05, 3.63) is 81.7 Å². The number of carbonyl (C=O) groups is 1. The summed E-state index contributed by atoms with van der Waals surface area (Å²) in [6, 6.07) is 17.0. The molecule has 0 saturated carbocycles. The third-order valence-corrected chi connectivity index (χ3v) is 6.13. The summed E-state index contributed by atoms with van der Waals surface area (Å²) in [5.41, 5.74) is 2.83. The maximum absolute atomic E-state index is 12.8. The van der Waals surface area contributed by atoms with E-state index in [1.165, 1.54) is 11.3 Å². The first-order chi connectivity index (χ1) is 14.0. The van der Waals surface area contributed by atoms with Gasteiger partial charge in [-0.25, -0.2) is 9.78 Å². The lowest BCUT2D eigenvalue weighted by Gasteiger charge is -2.05. The van der Waals surface area contributed by atoms with Crippen LogP contribution in [0.5, 0.6) is 0 Å². The Hall–Kier alpha value is -3.51. The summed E-state index contributed by atoms with van der Waals surface area (Å²) in [5.74, 6) is -0.526. The van der Waals surface area contributed by atoms with Crippen molar-refractivity contribution in [1.82, 2.24) is 4.98 Å². The van der Waals surface area contributed by atoms with Gasteiger partial charge in [0.05, 0.1) is 10.2 Å². The minimum Gasteiger partial charge on any atom is -0.422 e. The first-order valence-corrected chi connectivity index (χ1v) is 9.96. The van der Waals surface area contributed by atoms with Crippen molar-refractivity contribution in [3.63, 3.8) is 0 Å². The fourth-order valence-electron chi connectivity index (χ4n) is 3.47. The monoisotopic (exact) mass is 400 g/mol. The first-order valence-electron chi connectivity index (χ1n) is 9.15. The Morgan fingerprint density at radius 3 is 2.72 bits per heavy atom. The number of anilines is 1. The number of fused-ring (bicyclic) bond motifs is 4. The van der Waals surface area contributed by atoms with Crippen LogP contribution in [0.3, 0.4) is 0 Å². The van der Waals surface area contributed by atoms with Crippen LogP contribution in [-0.4, -0.2) is 10.9 Å². The van der Waals surface area contributed by atoms with Crippen molar-refractivity contribution < 1.29 is 9.21 Å². The zero-order valence-electron chi connectivity index (χ0n) is 15.8. The van der Waals surface area contributed by atoms with Crippen LogP contribution >= 0.6 is 11.3 Å². The van der Waals surface area contributed by atoms with Crippen molar-refractivity contribution in [2.75, 3.05) is 5.32 Å². The van der Waals surface area contributed by atoms with Crippen LogP contribution in [0.4, 0.5) is 5.13 Å². The molecule has 3 aromatic carbocycles. The highest BCUT2D eigenvalue weighted by Gasteiger charge is 2.17. The molecule has 5 rings (SSSR count). The predicted molar refractivity (Wildman–Crippen MR) is 117 cm³/mol. The molecule has 0 aliphatic rings. The molecule has 2 heterocycles. The molecule has 6 heteroatoms. The van der Waals surface area contributed by atoms with Crippen molar-refractivity contribution in [2.24, 2.45) is 0 Å². The summed E-state index contributed by atoms with van der Waals surface area (Å²) in [7, 11) is 0. The summed E-state index contributed by atoms with van der Waals surface area (Å²) >= 11 is 1.38. The number of nitrogens with one attached hydrogen (secondary N) is 1. The highest BCUT2D eigenvalue weighted by molar-refractivity contribution is 7.22. The SMILES string of the molecule is Cc1ccc2sc(NC(=O)c3cc4c(ccc5ccccc54)oc3=O)nc2c1C. The Bertz CT molecular complexity index is 1500. The molecular weight excluding hydrogens is 384 g/mol. The molecule has 0 fully saturated rings. The van der Waals surface area contributed by atoms with Gasteiger partial charge in [0, 0.05) is 5.39 Å². The minimum absolute atomic E-state index is 0.0407. The van der Waals surface area contributed by atoms with Gasteiger partial charge < -0.3 is 4.42 Å². The van der Waals surface area contributed by atoms with Crippen LogP contribution < -0.4 is 10.9 Å². The van der Waals surface area contributed by atoms with E-state index in [0.717, 1.165) is 37.5 Å². The largest absolute Gasteiger partial charge is 0.422 e. The van der Waals surface area contributed by atoms with Crippen LogP contribution in [0, 0.1) is 13.8 Å². The average molecular weight is 400 g/mol. The molecule has 0 radical (unpaired) electrons. The highest BCUT2D eigenvalue weighted by Crippen LogP contribution is 2.30. The standard InChI is InChI=1S/C23H16N2O3S/c1-12-7-10-19-20(13(12)2)24-23(29-19)25-21(26)17-11-16-15-6-4-3-5-14(15)8-9-18(16)28-22(17)27/h3-11H,1-2H3,(H,24,25,26). The maximum Gasteiger partial charge on any atom is 0.349 e. The molecule has 0 bridgehead atoms. The lowest BCUT2D eigenvalue weighted by molar-refractivity contribution is 0.102. The van der Waals surface area contributed by atoms with Gasteiger partial charge in [-0.3, -0.25) is 10.1 Å². The van der Waals surface area contributed by atoms with E-state index >= 15 is 0 Å². The number of amides is 1. The molecule has 0 aliphatic carbocycles. The van der Waals surface area contributed by atoms with Crippen LogP contribution in [0.15, 0.2) is 63.8 Å². The summed E-state index contributed by atoms with van der Waals surface area (Å²) in [5, 5.41) is 5.87. The van der Waals surface area contributed by atoms with Gasteiger partial charge >= 0.3 is 5.63 Å². The molecule has 2 aromatic heterocycles. The zero-order chi connectivity index (χ0) is 20.1. The molecule has 0 aliphatic heterocycles. The van der Waals surface area contributed by atoms with E-state index in [0.29, 0.717) is 10.7 Å². The Labute approximate surface area is 169 Å². The Morgan fingerprint density at radius 1 is 1.03 bits per heavy atom. The molecule has 142 valence electrons. The van der Waals surface area contributed by atoms with Crippen LogP contribution in [0.1, 0.15) is 21.5 Å². The van der Waals surface area contributed by atoms with E-state index in [1.807, 2.05) is 56.3 Å². The third kappa shape index (κ3) is 2.89. The second-order valence-electron chi connectivity index (χ2n) is 6.97. The van der Waals surface area contributed by atoms with Gasteiger partial charge in [-0.05, 0) is 53.9 Å². The van der Waals surface area contributed by atoms with E-state index in [4.69, 9.17) is 4.42 Å². The minimum atomic E-state index is -0.668. The smallest absolute Gasteiger partial charge is 0.349 e. The molecule has 29 heavy (non-hydrogen) atoms. The zero-order valence-corrected chi connectivity index (χ0v) is 16.6. The summed E-state index contributed by atoms with van der Waals surface area (Å²) in [4.78, 5) is 29.8. The molecular formula is C23H16N2O3S. The Morgan fingerprint density at radius 2 is 1.86 bits per heavy atom. The topological polar surface area (TPSA) is 72.2 Å². The van der Waals surface area contributed by atoms with Crippen LogP contribution in [0.2, 0.25) is 0 Å². The lowest BCUT2D eigenvalue weighted by atomic mass is 10.0. The number of rotatable bonds is 2. The van der Waals surface area contributed by atoms with Gasteiger partial charge in [-0.2, -0.15) is 0 Å². The van der Waals surface area contributed by atoms with Crippen LogP contribution in [-0.2, 0) is 0 Å². The van der Waals surface area contributed by atoms with Gasteiger partial charge in [0.1, 0.15) is 11.1 Å². The number of hydrogen-bond acceptors (Lipinski definition) is 5. The number of aryl methyl sites for hydroxylation is 2. The van der Waals surface area contributed by atoms with Gasteiger partial charge in [0.25, 0.3) is 5.91 Å². The van der Waals surface area contributed by atoms with E-state index in [9.17, 15) is 9.59 Å². The third-order valence-electron chi connectivity index (χ3n) is 5.19. The molecule has 0 atom stereocenters. The Kier molecular flexibility index (Phi) is 3.96. The number of thiazole rings is 1. The van der Waals surface area contributed by atoms with Gasteiger partial charge in [-0.15, -0.1) is 0 Å². The van der Waals surface area contributed by atoms with Crippen molar-refractivity contribution in [1.29, 1.82) is 0 Å². The van der Waals surface area contributed by atoms with E-state index in [2.05, 4.69) is 10.3 Å². The summed E-state index contributed by atoms with van der Waals surface area (Å²) in [6.45, 7) is 4.03. The quantitative estimate of drug-likeness (QED) is 0.317. The molecule has 5 aromatic rings. The fraction of sp³-hybridized carbons (Fsp3) is 0.0870. The summed E-state index contributed by atoms with van der Waals surface area (Å²) in [6.07, 6.45) is 0. The lowest BCUT2D eigenvalue weighted by Crippen LogP contribution is -2.20. The number of carbonyl (C=O) groups excluding carboxylic acids is 1. The van der Waals surface area contributed by atoms with E-state index < -0.39 is 11.5 Å². The molecule has 0 spiro atoms. The molecule has 0 unspecified atom stereocenters. The van der Waals surface area contributed by atoms with Gasteiger partial charge in [-0.1, -0.05) is 47.7 Å². The van der Waals surface area contributed by atoms with Crippen molar-refractivity contribution in [3.8, 4) is 0 Å². The average Bonchev–Trinajstić information content (AvgIpc) is 3.13. The van der Waals surface area contributed by atoms with E-state index in [1.54, 1.807) is 12.1 Å². The molecule has 1 amide bonds. The normalized spacial score (nSPS) is 11.4. The van der Waals surface area contributed by atoms with Crippen molar-refractivity contribution in [2.45, 2.75) is 13.8 Å². The Balaban J connectivity index is 1.59. The van der Waals surface area contributed by atoms with Crippen LogP contribution in [0.25, 0.3) is 32.0 Å². The predicted octanol–water partition coefficient (Wildman–Crippen LogP) is 5.43. The fourth-order valence-corrected chi connectivity index (χ4v) is 4.39. The second-order valence-corrected chi connectivity index (χ2v) is 8.00. The molecule has 0 saturated heterocycles. The van der Waals surface area contributed by atoms with Crippen molar-refractivity contribution >= 4 is 54.3 Å². The summed E-state index contributed by atoms with van der Waals surface area (Å²) < 4.78 is 6.41. The molecule has 1 N–H and O–H groups in total. The maximum atomic E-state index is 12.8. The number of aromatic nitrogens is 1. The number of hydrogen-bond donors (Lipinski definition) is 1. The van der Waals surface area contributed by atoms with Gasteiger partial charge in [0.15, 0.2) is 5.13 Å². The first kappa shape index (κ1) is 17.6. The molecule has 5 nitrogen and oxygen atoms in total. The van der Waals surface area contributed by atoms with E-state index in [-0.39, 0.29) is 5.56 Å². The highest BCUT2D eigenvalue weighted by atomic mass is 32.1. The number of nitrogens with zero attached hydrogens (tertiary/aromatic N) is 1. The second kappa shape index (κ2) is 6.53. The van der Waals surface area contributed by atoms with Gasteiger partial charge in [0.2, 0.25) is 0 Å². The number of benzene rings is 3.